The van der Waals surface area contributed by atoms with Crippen molar-refractivity contribution in [2.75, 3.05) is 22.1 Å². The molecule has 0 bridgehead atoms. The molecule has 0 aliphatic carbocycles. The van der Waals surface area contributed by atoms with Crippen LogP contribution in [0.4, 0.5) is 10.8 Å². The lowest BCUT2D eigenvalue weighted by Gasteiger charge is -2.06. The highest BCUT2D eigenvalue weighted by Gasteiger charge is 2.10. The highest BCUT2D eigenvalue weighted by molar-refractivity contribution is 8.00. The third kappa shape index (κ3) is 5.06. The van der Waals surface area contributed by atoms with Crippen LogP contribution in [0.5, 0.6) is 0 Å². The fourth-order valence-electron chi connectivity index (χ4n) is 2.40. The number of carbonyl (C=O) groups is 2. The van der Waals surface area contributed by atoms with Crippen molar-refractivity contribution in [1.82, 2.24) is 4.98 Å². The number of hydrogen-bond acceptors (Lipinski definition) is 5. The number of nitrogens with one attached hydrogen (secondary N) is 2. The third-order valence-electron chi connectivity index (χ3n) is 3.56. The Labute approximate surface area is 160 Å². The molecule has 3 aromatic rings. The summed E-state index contributed by atoms with van der Waals surface area (Å²) in [6.07, 6.45) is 0. The van der Waals surface area contributed by atoms with E-state index in [9.17, 15) is 9.59 Å². The van der Waals surface area contributed by atoms with Gasteiger partial charge < -0.3 is 10.6 Å². The molecule has 26 heavy (non-hydrogen) atoms. The minimum atomic E-state index is -0.158. The van der Waals surface area contributed by atoms with Crippen LogP contribution in [0.2, 0.25) is 0 Å². The van der Waals surface area contributed by atoms with Crippen LogP contribution in [0, 0.1) is 13.8 Å². The van der Waals surface area contributed by atoms with Gasteiger partial charge in [0, 0.05) is 5.69 Å². The SMILES string of the molecule is Cc1cccc(NC(=O)CSCC(=O)Nc2nc3cc(C)ccc3s2)c1. The molecule has 2 N–H and O–H groups in total. The molecular weight excluding hydrogens is 366 g/mol. The molecular formula is C19H19N3O2S2. The molecule has 5 nitrogen and oxygen atoms in total. The van der Waals surface area contributed by atoms with E-state index < -0.39 is 0 Å². The van der Waals surface area contributed by atoms with Gasteiger partial charge in [0.2, 0.25) is 11.8 Å². The van der Waals surface area contributed by atoms with E-state index in [4.69, 9.17) is 0 Å². The number of amides is 2. The minimum absolute atomic E-state index is 0.121. The molecule has 7 heteroatoms. The Morgan fingerprint density at radius 2 is 1.73 bits per heavy atom. The van der Waals surface area contributed by atoms with Crippen LogP contribution < -0.4 is 10.6 Å². The van der Waals surface area contributed by atoms with Gasteiger partial charge >= 0.3 is 0 Å². The lowest BCUT2D eigenvalue weighted by atomic mass is 10.2. The number of nitrogens with zero attached hydrogens (tertiary/aromatic N) is 1. The second-order valence-corrected chi connectivity index (χ2v) is 7.97. The fraction of sp³-hybridized carbons (Fsp3) is 0.211. The Hall–Kier alpha value is -2.38. The molecule has 1 heterocycles. The first-order valence-electron chi connectivity index (χ1n) is 8.11. The summed E-state index contributed by atoms with van der Waals surface area (Å²) >= 11 is 2.72. The summed E-state index contributed by atoms with van der Waals surface area (Å²) < 4.78 is 1.04. The summed E-state index contributed by atoms with van der Waals surface area (Å²) in [6, 6.07) is 13.6. The average molecular weight is 386 g/mol. The number of benzene rings is 2. The second kappa shape index (κ2) is 8.33. The average Bonchev–Trinajstić information content (AvgIpc) is 2.96. The zero-order chi connectivity index (χ0) is 18.5. The van der Waals surface area contributed by atoms with Gasteiger partial charge in [-0.3, -0.25) is 9.59 Å². The molecule has 0 saturated heterocycles. The van der Waals surface area contributed by atoms with Crippen molar-refractivity contribution in [3.05, 3.63) is 53.6 Å². The van der Waals surface area contributed by atoms with Crippen molar-refractivity contribution in [3.8, 4) is 0 Å². The zero-order valence-corrected chi connectivity index (χ0v) is 16.2. The van der Waals surface area contributed by atoms with E-state index in [1.165, 1.54) is 23.1 Å². The first kappa shape index (κ1) is 18.4. The number of thioether (sulfide) groups is 1. The maximum absolute atomic E-state index is 12.0. The maximum Gasteiger partial charge on any atom is 0.236 e. The van der Waals surface area contributed by atoms with Crippen molar-refractivity contribution in [3.63, 3.8) is 0 Å². The Morgan fingerprint density at radius 3 is 2.50 bits per heavy atom. The number of rotatable bonds is 6. The third-order valence-corrected chi connectivity index (χ3v) is 5.44. The van der Waals surface area contributed by atoms with Gasteiger partial charge in [0.15, 0.2) is 5.13 Å². The number of aryl methyl sites for hydroxylation is 2. The number of hydrogen-bond donors (Lipinski definition) is 2. The predicted octanol–water partition coefficient (Wildman–Crippen LogP) is 4.22. The van der Waals surface area contributed by atoms with Crippen LogP contribution in [-0.4, -0.2) is 28.3 Å². The van der Waals surface area contributed by atoms with Crippen LogP contribution in [0.1, 0.15) is 11.1 Å². The predicted molar refractivity (Wildman–Crippen MR) is 110 cm³/mol. The maximum atomic E-state index is 12.0. The van der Waals surface area contributed by atoms with E-state index in [0.29, 0.717) is 5.13 Å². The van der Waals surface area contributed by atoms with Crippen molar-refractivity contribution < 1.29 is 9.59 Å². The first-order valence-corrected chi connectivity index (χ1v) is 10.1. The number of thiazole rings is 1. The monoisotopic (exact) mass is 385 g/mol. The summed E-state index contributed by atoms with van der Waals surface area (Å²) in [7, 11) is 0. The summed E-state index contributed by atoms with van der Waals surface area (Å²) in [5.74, 6) is 0.148. The Balaban J connectivity index is 1.45. The van der Waals surface area contributed by atoms with Gasteiger partial charge in [-0.25, -0.2) is 4.98 Å². The van der Waals surface area contributed by atoms with Crippen molar-refractivity contribution in [1.29, 1.82) is 0 Å². The highest BCUT2D eigenvalue weighted by atomic mass is 32.2. The molecule has 0 aliphatic heterocycles. The highest BCUT2D eigenvalue weighted by Crippen LogP contribution is 2.26. The summed E-state index contributed by atoms with van der Waals surface area (Å²) in [5.41, 5.74) is 3.87. The molecule has 2 amide bonds. The van der Waals surface area contributed by atoms with Crippen LogP contribution in [-0.2, 0) is 9.59 Å². The van der Waals surface area contributed by atoms with Gasteiger partial charge in [-0.05, 0) is 49.2 Å². The van der Waals surface area contributed by atoms with Gasteiger partial charge in [-0.15, -0.1) is 11.8 Å². The molecule has 2 aromatic carbocycles. The molecule has 0 spiro atoms. The van der Waals surface area contributed by atoms with E-state index in [1.54, 1.807) is 0 Å². The molecule has 134 valence electrons. The van der Waals surface area contributed by atoms with Gasteiger partial charge in [0.05, 0.1) is 21.7 Å². The topological polar surface area (TPSA) is 71.1 Å². The molecule has 0 aliphatic rings. The number of fused-ring (bicyclic) bond motifs is 1. The minimum Gasteiger partial charge on any atom is -0.325 e. The smallest absolute Gasteiger partial charge is 0.236 e. The molecule has 1 aromatic heterocycles. The first-order chi connectivity index (χ1) is 12.5. The van der Waals surface area contributed by atoms with Gasteiger partial charge in [-0.1, -0.05) is 29.5 Å². The lowest BCUT2D eigenvalue weighted by Crippen LogP contribution is -2.18. The van der Waals surface area contributed by atoms with Crippen molar-refractivity contribution in [2.24, 2.45) is 0 Å². The number of anilines is 2. The van der Waals surface area contributed by atoms with Crippen LogP contribution in [0.3, 0.4) is 0 Å². The number of carbonyl (C=O) groups excluding carboxylic acids is 2. The molecule has 3 rings (SSSR count). The van der Waals surface area contributed by atoms with E-state index in [1.807, 2.05) is 56.3 Å². The number of aromatic nitrogens is 1. The Bertz CT molecular complexity index is 953. The molecule has 0 unspecified atom stereocenters. The van der Waals surface area contributed by atoms with Gasteiger partial charge in [-0.2, -0.15) is 0 Å². The summed E-state index contributed by atoms with van der Waals surface area (Å²) in [5, 5.41) is 6.21. The zero-order valence-electron chi connectivity index (χ0n) is 14.5. The molecule has 0 saturated carbocycles. The lowest BCUT2D eigenvalue weighted by molar-refractivity contribution is -0.114. The summed E-state index contributed by atoms with van der Waals surface area (Å²) in [4.78, 5) is 28.4. The molecule has 0 atom stereocenters. The quantitative estimate of drug-likeness (QED) is 0.666. The van der Waals surface area contributed by atoms with Crippen LogP contribution in [0.15, 0.2) is 42.5 Å². The van der Waals surface area contributed by atoms with Crippen molar-refractivity contribution in [2.45, 2.75) is 13.8 Å². The van der Waals surface area contributed by atoms with Crippen LogP contribution >= 0.6 is 23.1 Å². The second-order valence-electron chi connectivity index (χ2n) is 5.95. The standard InChI is InChI=1S/C19H19N3O2S2/c1-12-4-3-5-14(8-12)20-17(23)10-25-11-18(24)22-19-21-15-9-13(2)6-7-16(15)26-19/h3-9H,10-11H2,1-2H3,(H,20,23)(H,21,22,24). The fourth-order valence-corrected chi connectivity index (χ4v) is 3.88. The van der Waals surface area contributed by atoms with E-state index in [0.717, 1.165) is 27.0 Å². The Morgan fingerprint density at radius 1 is 1.00 bits per heavy atom. The van der Waals surface area contributed by atoms with Gasteiger partial charge in [0.25, 0.3) is 0 Å². The summed E-state index contributed by atoms with van der Waals surface area (Å²) in [6.45, 7) is 3.98. The normalized spacial score (nSPS) is 10.7. The molecule has 0 radical (unpaired) electrons. The van der Waals surface area contributed by atoms with E-state index in [-0.39, 0.29) is 23.3 Å². The van der Waals surface area contributed by atoms with Crippen LogP contribution in [0.25, 0.3) is 10.2 Å². The van der Waals surface area contributed by atoms with Gasteiger partial charge in [0.1, 0.15) is 0 Å². The Kier molecular flexibility index (Phi) is 5.90. The van der Waals surface area contributed by atoms with E-state index >= 15 is 0 Å². The largest absolute Gasteiger partial charge is 0.325 e. The van der Waals surface area contributed by atoms with Crippen molar-refractivity contribution >= 4 is 55.9 Å². The van der Waals surface area contributed by atoms with E-state index in [2.05, 4.69) is 15.6 Å². The molecule has 0 fully saturated rings.